The van der Waals surface area contributed by atoms with Gasteiger partial charge in [0, 0.05) is 70.0 Å². The second kappa shape index (κ2) is 19.3. The summed E-state index contributed by atoms with van der Waals surface area (Å²) in [6.07, 6.45) is 4.54. The number of Topliss-reactive ketones (excluding diaryl/α,β-unsaturated/α-hetero) is 1. The number of ether oxygens (including phenoxy) is 2. The average molecular weight is 863 g/mol. The van der Waals surface area contributed by atoms with Crippen LogP contribution >= 0.6 is 0 Å². The van der Waals surface area contributed by atoms with Crippen LogP contribution in [0.15, 0.2) is 48.6 Å². The van der Waals surface area contributed by atoms with E-state index in [1.54, 1.807) is 44.3 Å². The third-order valence-corrected chi connectivity index (χ3v) is 10.8. The van der Waals surface area contributed by atoms with Crippen LogP contribution in [-0.4, -0.2) is 120 Å². The Balaban J connectivity index is 1.23. The molecule has 1 fully saturated rings. The van der Waals surface area contributed by atoms with Gasteiger partial charge in [0.15, 0.2) is 5.78 Å². The summed E-state index contributed by atoms with van der Waals surface area (Å²) >= 11 is 0. The van der Waals surface area contributed by atoms with Crippen LogP contribution in [0, 0.1) is 13.8 Å². The zero-order chi connectivity index (χ0) is 44.8. The largest absolute Gasteiger partial charge is 0.494 e. The second-order valence-electron chi connectivity index (χ2n) is 15.2. The van der Waals surface area contributed by atoms with Crippen molar-refractivity contribution in [2.45, 2.75) is 60.3 Å². The number of nitrogens with zero attached hydrogens (tertiary/aromatic N) is 9. The predicted octanol–water partition coefficient (Wildman–Crippen LogP) is 3.12. The van der Waals surface area contributed by atoms with Crippen molar-refractivity contribution in [2.24, 2.45) is 11.5 Å². The van der Waals surface area contributed by atoms with Gasteiger partial charge in [-0.2, -0.15) is 10.2 Å². The zero-order valence-corrected chi connectivity index (χ0v) is 36.2. The molecule has 6 aromatic rings. The summed E-state index contributed by atoms with van der Waals surface area (Å²) in [5.74, 6) is -0.579. The molecule has 2 aromatic carbocycles. The van der Waals surface area contributed by atoms with Gasteiger partial charge < -0.3 is 45.6 Å². The standard InChI is InChI=1S/C43H54N14O6/c1-6-56-32(19-26(3)51-56)34(58)25-47-42-48-31-22-29(40(45)60)24-36(63-18-10-13-53-16-11-46-12-17-53)38(31)54(42)14-8-9-15-55-37-30(21-28(39(44)59)23-35(37)62-5)49-43(55)50-41(61)33-20-27(4)52-57(33)7-2/h8-9,19-24,46H,6-7,10-18,25H2,1-5H3,(H2,44,59)(H2,45,60)(H,47,48)(H,49,50,61)/b9-8+. The molecule has 1 aliphatic rings. The van der Waals surface area contributed by atoms with E-state index in [-0.39, 0.29) is 42.5 Å². The van der Waals surface area contributed by atoms with Crippen LogP contribution in [-0.2, 0) is 26.2 Å². The Morgan fingerprint density at radius 3 is 1.94 bits per heavy atom. The Labute approximate surface area is 363 Å². The van der Waals surface area contributed by atoms with Crippen LogP contribution in [0.5, 0.6) is 11.5 Å². The van der Waals surface area contributed by atoms with Crippen LogP contribution < -0.4 is 36.9 Å². The van der Waals surface area contributed by atoms with Crippen molar-refractivity contribution in [3.63, 3.8) is 0 Å². The van der Waals surface area contributed by atoms with Gasteiger partial charge in [0.05, 0.1) is 42.7 Å². The molecule has 5 heterocycles. The maximum Gasteiger partial charge on any atom is 0.276 e. The number of aromatic nitrogens is 8. The van der Waals surface area contributed by atoms with Crippen LogP contribution in [0.25, 0.3) is 22.1 Å². The highest BCUT2D eigenvalue weighted by atomic mass is 16.5. The van der Waals surface area contributed by atoms with Gasteiger partial charge in [0.1, 0.15) is 33.9 Å². The van der Waals surface area contributed by atoms with Crippen molar-refractivity contribution in [2.75, 3.05) is 63.6 Å². The number of nitrogens with one attached hydrogen (secondary N) is 3. The number of fused-ring (bicyclic) bond motifs is 2. The zero-order valence-electron chi connectivity index (χ0n) is 36.2. The molecule has 0 spiro atoms. The molecule has 0 aliphatic carbocycles. The van der Waals surface area contributed by atoms with E-state index in [1.165, 1.54) is 13.2 Å². The Morgan fingerprint density at radius 2 is 1.33 bits per heavy atom. The van der Waals surface area contributed by atoms with E-state index in [2.05, 4.69) is 31.0 Å². The Hall–Kier alpha value is -7.06. The fourth-order valence-corrected chi connectivity index (χ4v) is 7.76. The van der Waals surface area contributed by atoms with E-state index < -0.39 is 17.7 Å². The molecule has 1 saturated heterocycles. The SMILES string of the molecule is CCn1nc(C)cc1C(=O)CNc1nc2cc(C(N)=O)cc(OCCCN3CCNCC3)c2n1C/C=C/Cn1c(NC(=O)c2cc(C)nn2CC)nc2cc(C(N)=O)cc(OC)c21. The lowest BCUT2D eigenvalue weighted by molar-refractivity contribution is 0.0989. The first-order valence-corrected chi connectivity index (χ1v) is 21.0. The molecule has 4 aromatic heterocycles. The van der Waals surface area contributed by atoms with Gasteiger partial charge >= 0.3 is 0 Å². The van der Waals surface area contributed by atoms with Crippen LogP contribution in [0.4, 0.5) is 11.9 Å². The molecule has 0 radical (unpaired) electrons. The number of nitrogens with two attached hydrogens (primary N) is 2. The summed E-state index contributed by atoms with van der Waals surface area (Å²) in [7, 11) is 1.47. The molecule has 1 aliphatic heterocycles. The lowest BCUT2D eigenvalue weighted by Gasteiger charge is -2.27. The number of carbonyl (C=O) groups excluding carboxylic acids is 4. The second-order valence-corrected chi connectivity index (χ2v) is 15.2. The van der Waals surface area contributed by atoms with Crippen LogP contribution in [0.2, 0.25) is 0 Å². The van der Waals surface area contributed by atoms with Crippen LogP contribution in [0.1, 0.15) is 73.3 Å². The summed E-state index contributed by atoms with van der Waals surface area (Å²) in [6, 6.07) is 9.77. The third kappa shape index (κ3) is 9.71. The summed E-state index contributed by atoms with van der Waals surface area (Å²) in [4.78, 5) is 64.0. The number of allylic oxidation sites excluding steroid dienone is 2. The third-order valence-electron chi connectivity index (χ3n) is 10.8. The van der Waals surface area contributed by atoms with E-state index >= 15 is 0 Å². The topological polar surface area (TPSA) is 249 Å². The molecule has 0 unspecified atom stereocenters. The number of primary amides is 2. The molecule has 332 valence electrons. The average Bonchev–Trinajstić information content (AvgIpc) is 4.04. The number of benzene rings is 2. The van der Waals surface area contributed by atoms with Gasteiger partial charge in [-0.15, -0.1) is 0 Å². The van der Waals surface area contributed by atoms with Gasteiger partial charge in [0.25, 0.3) is 5.91 Å². The number of methoxy groups -OCH3 is 1. The molecule has 20 heteroatoms. The number of carbonyl (C=O) groups is 4. The number of rotatable bonds is 20. The number of hydrogen-bond donors (Lipinski definition) is 5. The first-order valence-electron chi connectivity index (χ1n) is 21.0. The predicted molar refractivity (Wildman–Crippen MR) is 238 cm³/mol. The highest BCUT2D eigenvalue weighted by Crippen LogP contribution is 2.33. The highest BCUT2D eigenvalue weighted by molar-refractivity contribution is 6.04. The lowest BCUT2D eigenvalue weighted by atomic mass is 10.1. The summed E-state index contributed by atoms with van der Waals surface area (Å²) < 4.78 is 19.0. The van der Waals surface area contributed by atoms with Gasteiger partial charge in [-0.3, -0.25) is 33.9 Å². The van der Waals surface area contributed by atoms with E-state index in [1.807, 2.05) is 44.4 Å². The molecular weight excluding hydrogens is 809 g/mol. The molecule has 63 heavy (non-hydrogen) atoms. The van der Waals surface area contributed by atoms with E-state index in [0.29, 0.717) is 76.3 Å². The fraction of sp³-hybridized carbons (Fsp3) is 0.395. The van der Waals surface area contributed by atoms with E-state index in [0.717, 1.165) is 44.8 Å². The number of hydrogen-bond acceptors (Lipinski definition) is 13. The minimum absolute atomic E-state index is 0.0879. The Bertz CT molecular complexity index is 2700. The van der Waals surface area contributed by atoms with Crippen molar-refractivity contribution in [1.29, 1.82) is 0 Å². The minimum Gasteiger partial charge on any atom is -0.494 e. The monoisotopic (exact) mass is 862 g/mol. The summed E-state index contributed by atoms with van der Waals surface area (Å²) in [5.41, 5.74) is 16.1. The quantitative estimate of drug-likeness (QED) is 0.0421. The number of aryl methyl sites for hydroxylation is 4. The van der Waals surface area contributed by atoms with Gasteiger partial charge in [-0.1, -0.05) is 12.2 Å². The Morgan fingerprint density at radius 1 is 0.778 bits per heavy atom. The number of amides is 3. The van der Waals surface area contributed by atoms with Crippen molar-refractivity contribution in [3.05, 3.63) is 82.5 Å². The van der Waals surface area contributed by atoms with Gasteiger partial charge in [0.2, 0.25) is 23.7 Å². The van der Waals surface area contributed by atoms with Crippen molar-refractivity contribution in [1.82, 2.24) is 48.9 Å². The number of imidazole rings is 2. The van der Waals surface area contributed by atoms with Crippen molar-refractivity contribution < 1.29 is 28.7 Å². The molecule has 3 amide bonds. The van der Waals surface area contributed by atoms with Crippen LogP contribution in [0.3, 0.4) is 0 Å². The molecule has 7 N–H and O–H groups in total. The molecular formula is C43H54N14O6. The lowest BCUT2D eigenvalue weighted by Crippen LogP contribution is -2.43. The minimum atomic E-state index is -0.659. The number of piperazine rings is 1. The number of anilines is 2. The first-order chi connectivity index (χ1) is 30.4. The van der Waals surface area contributed by atoms with Gasteiger partial charge in [-0.25, -0.2) is 9.97 Å². The maximum atomic E-state index is 13.7. The molecule has 20 nitrogen and oxygen atoms in total. The van der Waals surface area contributed by atoms with E-state index in [4.69, 9.17) is 30.9 Å². The maximum absolute atomic E-state index is 13.7. The highest BCUT2D eigenvalue weighted by Gasteiger charge is 2.23. The number of ketones is 1. The van der Waals surface area contributed by atoms with Gasteiger partial charge in [-0.05, 0) is 70.5 Å². The summed E-state index contributed by atoms with van der Waals surface area (Å²) in [5, 5.41) is 18.4. The molecule has 7 rings (SSSR count). The molecule has 0 atom stereocenters. The smallest absolute Gasteiger partial charge is 0.276 e. The Kier molecular flexibility index (Phi) is 13.5. The first kappa shape index (κ1) is 44.0. The molecule has 0 saturated carbocycles. The van der Waals surface area contributed by atoms with Crippen molar-refractivity contribution >= 4 is 57.5 Å². The molecule has 0 bridgehead atoms. The van der Waals surface area contributed by atoms with Crippen molar-refractivity contribution in [3.8, 4) is 11.5 Å². The summed E-state index contributed by atoms with van der Waals surface area (Å²) in [6.45, 7) is 13.8. The van der Waals surface area contributed by atoms with E-state index in [9.17, 15) is 19.2 Å². The fourth-order valence-electron chi connectivity index (χ4n) is 7.76. The normalized spacial score (nSPS) is 13.3.